The van der Waals surface area contributed by atoms with Gasteiger partial charge in [-0.05, 0) is 68.3 Å². The third-order valence-electron chi connectivity index (χ3n) is 4.95. The minimum Gasteiger partial charge on any atom is -0.378 e. The first kappa shape index (κ1) is 19.7. The predicted octanol–water partition coefficient (Wildman–Crippen LogP) is 4.21. The molecule has 8 heteroatoms. The average Bonchev–Trinajstić information content (AvgIpc) is 3.48. The zero-order chi connectivity index (χ0) is 20.2. The van der Waals surface area contributed by atoms with Crippen LogP contribution in [0.1, 0.15) is 43.2 Å². The Hall–Kier alpha value is -2.58. The fourth-order valence-electron chi connectivity index (χ4n) is 3.40. The first-order valence-corrected chi connectivity index (χ1v) is 10.7. The van der Waals surface area contributed by atoms with Crippen molar-refractivity contribution in [1.82, 2.24) is 20.1 Å². The molecule has 2 aromatic heterocycles. The molecule has 0 bridgehead atoms. The Balaban J connectivity index is 1.51. The Morgan fingerprint density at radius 1 is 1.38 bits per heavy atom. The molecule has 2 atom stereocenters. The number of nitrogens with one attached hydrogen (secondary N) is 1. The monoisotopic (exact) mass is 414 g/mol. The molecule has 1 saturated heterocycles. The number of ether oxygens (including phenoxy) is 1. The summed E-state index contributed by atoms with van der Waals surface area (Å²) in [6.07, 6.45) is 4.28. The Labute approximate surface area is 172 Å². The van der Waals surface area contributed by atoms with Gasteiger partial charge in [0.05, 0.1) is 16.7 Å². The van der Waals surface area contributed by atoms with Gasteiger partial charge in [0.1, 0.15) is 5.82 Å². The van der Waals surface area contributed by atoms with Crippen LogP contribution in [0.3, 0.4) is 0 Å². The lowest BCUT2D eigenvalue weighted by Crippen LogP contribution is -2.34. The van der Waals surface area contributed by atoms with E-state index in [0.717, 1.165) is 37.2 Å². The summed E-state index contributed by atoms with van der Waals surface area (Å²) in [6.45, 7) is 2.81. The maximum Gasteiger partial charge on any atom is 0.291 e. The van der Waals surface area contributed by atoms with E-state index in [4.69, 9.17) is 4.74 Å². The minimum absolute atomic E-state index is 0.00495. The minimum atomic E-state index is -0.329. The Morgan fingerprint density at radius 2 is 2.21 bits per heavy atom. The topological polar surface area (TPSA) is 69.0 Å². The first-order valence-electron chi connectivity index (χ1n) is 9.79. The largest absolute Gasteiger partial charge is 0.378 e. The third-order valence-corrected chi connectivity index (χ3v) is 5.81. The second kappa shape index (κ2) is 8.84. The lowest BCUT2D eigenvalue weighted by atomic mass is 10.1. The van der Waals surface area contributed by atoms with Crippen LogP contribution in [0, 0.1) is 5.82 Å². The molecule has 0 saturated carbocycles. The van der Waals surface area contributed by atoms with E-state index in [9.17, 15) is 9.18 Å². The number of hydrogen-bond donors (Lipinski definition) is 1. The molecule has 3 heterocycles. The number of nitrogens with zero attached hydrogens (tertiary/aromatic N) is 3. The summed E-state index contributed by atoms with van der Waals surface area (Å²) in [4.78, 5) is 18.1. The Bertz CT molecular complexity index is 950. The molecule has 6 nitrogen and oxygen atoms in total. The van der Waals surface area contributed by atoms with Gasteiger partial charge in [0, 0.05) is 12.6 Å². The van der Waals surface area contributed by atoms with Crippen LogP contribution in [0.5, 0.6) is 0 Å². The molecule has 1 aliphatic heterocycles. The van der Waals surface area contributed by atoms with E-state index in [-0.39, 0.29) is 23.6 Å². The van der Waals surface area contributed by atoms with Crippen molar-refractivity contribution in [2.75, 3.05) is 6.61 Å². The first-order chi connectivity index (χ1) is 14.1. The van der Waals surface area contributed by atoms with E-state index >= 15 is 0 Å². The molecular weight excluding hydrogens is 391 g/mol. The molecule has 0 spiro atoms. The van der Waals surface area contributed by atoms with Crippen LogP contribution in [0.4, 0.5) is 4.39 Å². The van der Waals surface area contributed by atoms with E-state index in [1.165, 1.54) is 23.5 Å². The molecule has 4 rings (SSSR count). The van der Waals surface area contributed by atoms with Crippen molar-refractivity contribution >= 4 is 17.2 Å². The van der Waals surface area contributed by atoms with Gasteiger partial charge in [0.2, 0.25) is 5.82 Å². The number of thiophene rings is 1. The second-order valence-corrected chi connectivity index (χ2v) is 8.16. The fourth-order valence-corrected chi connectivity index (χ4v) is 4.10. The van der Waals surface area contributed by atoms with Crippen molar-refractivity contribution < 1.29 is 13.9 Å². The highest BCUT2D eigenvalue weighted by molar-refractivity contribution is 7.13. The summed E-state index contributed by atoms with van der Waals surface area (Å²) in [5, 5.41) is 9.32. The lowest BCUT2D eigenvalue weighted by molar-refractivity contribution is 0.0891. The highest BCUT2D eigenvalue weighted by Crippen LogP contribution is 2.26. The summed E-state index contributed by atoms with van der Waals surface area (Å²) in [6, 6.07) is 9.79. The molecule has 1 aliphatic rings. The van der Waals surface area contributed by atoms with Gasteiger partial charge in [-0.2, -0.15) is 0 Å². The number of amides is 1. The number of carbonyl (C=O) groups is 1. The third kappa shape index (κ3) is 4.71. The molecule has 0 aliphatic carbocycles. The SMILES string of the molecule is CC(CCC1CCCO1)NC(=O)c1nc(-c2cccs2)n(-c2ccc(F)cc2)n1. The van der Waals surface area contributed by atoms with Crippen LogP contribution in [0.15, 0.2) is 41.8 Å². The van der Waals surface area contributed by atoms with Crippen LogP contribution in [0.2, 0.25) is 0 Å². The number of halogens is 1. The van der Waals surface area contributed by atoms with Gasteiger partial charge in [-0.3, -0.25) is 4.79 Å². The molecule has 1 amide bonds. The van der Waals surface area contributed by atoms with Crippen molar-refractivity contribution in [3.8, 4) is 16.4 Å². The van der Waals surface area contributed by atoms with Crippen LogP contribution in [0.25, 0.3) is 16.4 Å². The number of carbonyl (C=O) groups excluding carboxylic acids is 1. The normalized spacial score (nSPS) is 17.4. The number of aromatic nitrogens is 3. The van der Waals surface area contributed by atoms with Crippen LogP contribution < -0.4 is 5.32 Å². The maximum absolute atomic E-state index is 13.3. The lowest BCUT2D eigenvalue weighted by Gasteiger charge is -2.15. The standard InChI is InChI=1S/C21H23FN4O2S/c1-14(6-11-17-4-2-12-28-17)23-21(27)19-24-20(18-5-3-13-29-18)26(25-19)16-9-7-15(22)8-10-16/h3,5,7-10,13-14,17H,2,4,6,11-12H2,1H3,(H,23,27). The smallest absolute Gasteiger partial charge is 0.291 e. The van der Waals surface area contributed by atoms with E-state index in [1.807, 2.05) is 24.4 Å². The second-order valence-electron chi connectivity index (χ2n) is 7.21. The van der Waals surface area contributed by atoms with Crippen molar-refractivity contribution in [2.24, 2.45) is 0 Å². The van der Waals surface area contributed by atoms with Gasteiger partial charge in [-0.25, -0.2) is 14.1 Å². The van der Waals surface area contributed by atoms with E-state index in [1.54, 1.807) is 16.8 Å². The summed E-state index contributed by atoms with van der Waals surface area (Å²) in [5.74, 6) is 0.0125. The van der Waals surface area contributed by atoms with E-state index in [0.29, 0.717) is 17.6 Å². The van der Waals surface area contributed by atoms with Gasteiger partial charge < -0.3 is 10.1 Å². The van der Waals surface area contributed by atoms with Crippen LogP contribution in [-0.2, 0) is 4.74 Å². The highest BCUT2D eigenvalue weighted by atomic mass is 32.1. The molecule has 0 radical (unpaired) electrons. The molecule has 3 aromatic rings. The maximum atomic E-state index is 13.3. The molecular formula is C21H23FN4O2S. The molecule has 29 heavy (non-hydrogen) atoms. The number of benzene rings is 1. The van der Waals surface area contributed by atoms with Gasteiger partial charge in [-0.15, -0.1) is 16.4 Å². The molecule has 2 unspecified atom stereocenters. The Morgan fingerprint density at radius 3 is 2.90 bits per heavy atom. The average molecular weight is 415 g/mol. The van der Waals surface area contributed by atoms with Gasteiger partial charge in [0.15, 0.2) is 5.82 Å². The highest BCUT2D eigenvalue weighted by Gasteiger charge is 2.22. The zero-order valence-electron chi connectivity index (χ0n) is 16.2. The fraction of sp³-hybridized carbons (Fsp3) is 0.381. The number of rotatable bonds is 7. The van der Waals surface area contributed by atoms with E-state index in [2.05, 4.69) is 15.4 Å². The van der Waals surface area contributed by atoms with Gasteiger partial charge >= 0.3 is 0 Å². The molecule has 1 aromatic carbocycles. The van der Waals surface area contributed by atoms with Crippen molar-refractivity contribution in [3.63, 3.8) is 0 Å². The van der Waals surface area contributed by atoms with Gasteiger partial charge in [0.25, 0.3) is 5.91 Å². The molecule has 1 N–H and O–H groups in total. The quantitative estimate of drug-likeness (QED) is 0.629. The van der Waals surface area contributed by atoms with Crippen molar-refractivity contribution in [1.29, 1.82) is 0 Å². The van der Waals surface area contributed by atoms with E-state index < -0.39 is 0 Å². The zero-order valence-corrected chi connectivity index (χ0v) is 17.0. The molecule has 1 fully saturated rings. The molecule has 152 valence electrons. The summed E-state index contributed by atoms with van der Waals surface area (Å²) < 4.78 is 20.5. The van der Waals surface area contributed by atoms with Crippen LogP contribution in [-0.4, -0.2) is 39.4 Å². The Kier molecular flexibility index (Phi) is 6.01. The van der Waals surface area contributed by atoms with Gasteiger partial charge in [-0.1, -0.05) is 6.07 Å². The van der Waals surface area contributed by atoms with Crippen molar-refractivity contribution in [3.05, 3.63) is 53.4 Å². The summed E-state index contributed by atoms with van der Waals surface area (Å²) in [5.41, 5.74) is 0.646. The van der Waals surface area contributed by atoms with Crippen LogP contribution >= 0.6 is 11.3 Å². The number of hydrogen-bond acceptors (Lipinski definition) is 5. The summed E-state index contributed by atoms with van der Waals surface area (Å²) in [7, 11) is 0. The predicted molar refractivity (Wildman–Crippen MR) is 110 cm³/mol. The summed E-state index contributed by atoms with van der Waals surface area (Å²) >= 11 is 1.51. The van der Waals surface area contributed by atoms with Crippen molar-refractivity contribution in [2.45, 2.75) is 44.8 Å².